The predicted octanol–water partition coefficient (Wildman–Crippen LogP) is 4.02. The average Bonchev–Trinajstić information content (AvgIpc) is 2.88. The lowest BCUT2D eigenvalue weighted by atomic mass is 10.1. The summed E-state index contributed by atoms with van der Waals surface area (Å²) in [5, 5.41) is 2.71. The van der Waals surface area contributed by atoms with E-state index in [0.29, 0.717) is 17.0 Å². The highest BCUT2D eigenvalue weighted by Gasteiger charge is 2.30. The summed E-state index contributed by atoms with van der Waals surface area (Å²) in [6, 6.07) is 17.2. The lowest BCUT2D eigenvalue weighted by Crippen LogP contribution is -2.38. The molecule has 3 rings (SSSR count). The van der Waals surface area contributed by atoms with E-state index in [4.69, 9.17) is 14.2 Å². The first-order chi connectivity index (χ1) is 17.2. The maximum absolute atomic E-state index is 13.7. The summed E-state index contributed by atoms with van der Waals surface area (Å²) < 4.78 is 44.0. The Hall–Kier alpha value is -4.05. The molecule has 0 spiro atoms. The van der Waals surface area contributed by atoms with Crippen LogP contribution < -0.4 is 19.1 Å². The van der Waals surface area contributed by atoms with E-state index in [0.717, 1.165) is 4.31 Å². The number of carbonyl (C=O) groups excluding carboxylic acids is 2. The highest BCUT2D eigenvalue weighted by molar-refractivity contribution is 7.92. The Morgan fingerprint density at radius 1 is 0.944 bits per heavy atom. The molecule has 36 heavy (non-hydrogen) atoms. The van der Waals surface area contributed by atoms with Crippen molar-refractivity contribution < 1.29 is 32.2 Å². The summed E-state index contributed by atoms with van der Waals surface area (Å²) in [5.74, 6) is -0.521. The van der Waals surface area contributed by atoms with Gasteiger partial charge in [0.2, 0.25) is 5.91 Å². The number of benzene rings is 3. The number of carbonyl (C=O) groups is 2. The minimum Gasteiger partial charge on any atom is -0.497 e. The van der Waals surface area contributed by atoms with Crippen LogP contribution in [0.5, 0.6) is 11.5 Å². The number of amides is 1. The van der Waals surface area contributed by atoms with E-state index in [-0.39, 0.29) is 28.5 Å². The average molecular weight is 513 g/mol. The van der Waals surface area contributed by atoms with Crippen molar-refractivity contribution in [1.82, 2.24) is 0 Å². The van der Waals surface area contributed by atoms with Gasteiger partial charge in [-0.15, -0.1) is 0 Å². The molecule has 0 saturated heterocycles. The molecule has 0 fully saturated rings. The SMILES string of the molecule is CCOC(=O)c1ccc(C)c(NC(=O)CN(c2cc(OC)ccc2OC)S(=O)(=O)c2ccccc2)c1. The van der Waals surface area contributed by atoms with Gasteiger partial charge in [0.1, 0.15) is 18.0 Å². The molecule has 3 aromatic rings. The van der Waals surface area contributed by atoms with Gasteiger partial charge >= 0.3 is 5.97 Å². The monoisotopic (exact) mass is 512 g/mol. The van der Waals surface area contributed by atoms with Gasteiger partial charge < -0.3 is 19.5 Å². The number of esters is 1. The largest absolute Gasteiger partial charge is 0.497 e. The Bertz CT molecular complexity index is 1340. The van der Waals surface area contributed by atoms with E-state index in [9.17, 15) is 18.0 Å². The molecular weight excluding hydrogens is 484 g/mol. The van der Waals surface area contributed by atoms with Crippen LogP contribution in [0.2, 0.25) is 0 Å². The Morgan fingerprint density at radius 3 is 2.31 bits per heavy atom. The number of hydrogen-bond acceptors (Lipinski definition) is 7. The first-order valence-corrected chi connectivity index (χ1v) is 12.5. The van der Waals surface area contributed by atoms with Crippen molar-refractivity contribution in [3.63, 3.8) is 0 Å². The fourth-order valence-corrected chi connectivity index (χ4v) is 4.87. The first-order valence-electron chi connectivity index (χ1n) is 11.1. The molecule has 9 nitrogen and oxygen atoms in total. The fourth-order valence-electron chi connectivity index (χ4n) is 3.43. The molecule has 0 bridgehead atoms. The van der Waals surface area contributed by atoms with E-state index in [2.05, 4.69) is 5.32 Å². The number of anilines is 2. The summed E-state index contributed by atoms with van der Waals surface area (Å²) in [4.78, 5) is 25.3. The second-order valence-corrected chi connectivity index (χ2v) is 9.52. The standard InChI is InChI=1S/C26H28N2O7S/c1-5-35-26(30)19-12-11-18(2)22(15-19)27-25(29)17-28(36(31,32)21-9-7-6-8-10-21)23-16-20(33-3)13-14-24(23)34-4/h6-16H,5,17H2,1-4H3,(H,27,29). The Balaban J connectivity index is 2.01. The molecule has 0 radical (unpaired) electrons. The van der Waals surface area contributed by atoms with Gasteiger partial charge in [0, 0.05) is 11.8 Å². The van der Waals surface area contributed by atoms with Crippen LogP contribution in [-0.4, -0.2) is 47.7 Å². The van der Waals surface area contributed by atoms with Crippen molar-refractivity contribution in [2.75, 3.05) is 37.0 Å². The molecule has 0 aromatic heterocycles. The zero-order chi connectivity index (χ0) is 26.3. The third kappa shape index (κ3) is 5.95. The van der Waals surface area contributed by atoms with E-state index >= 15 is 0 Å². The van der Waals surface area contributed by atoms with E-state index < -0.39 is 28.4 Å². The fraction of sp³-hybridized carbons (Fsp3) is 0.231. The number of aryl methyl sites for hydroxylation is 1. The molecule has 3 aromatic carbocycles. The minimum atomic E-state index is -4.18. The van der Waals surface area contributed by atoms with Crippen molar-refractivity contribution >= 4 is 33.3 Å². The molecule has 0 aliphatic heterocycles. The van der Waals surface area contributed by atoms with Gasteiger partial charge in [-0.05, 0) is 55.8 Å². The number of rotatable bonds is 10. The van der Waals surface area contributed by atoms with Crippen molar-refractivity contribution in [3.05, 3.63) is 77.9 Å². The number of hydrogen-bond donors (Lipinski definition) is 1. The third-order valence-electron chi connectivity index (χ3n) is 5.30. The van der Waals surface area contributed by atoms with Crippen LogP contribution in [0.3, 0.4) is 0 Å². The van der Waals surface area contributed by atoms with E-state index in [1.807, 2.05) is 0 Å². The normalized spacial score (nSPS) is 10.9. The molecule has 0 heterocycles. The van der Waals surface area contributed by atoms with Crippen molar-refractivity contribution in [3.8, 4) is 11.5 Å². The summed E-state index contributed by atoms with van der Waals surface area (Å²) in [7, 11) is -1.32. The van der Waals surface area contributed by atoms with Gasteiger partial charge in [-0.3, -0.25) is 9.10 Å². The zero-order valence-electron chi connectivity index (χ0n) is 20.5. The van der Waals surface area contributed by atoms with E-state index in [1.54, 1.807) is 56.3 Å². The molecule has 1 amide bonds. The summed E-state index contributed by atoms with van der Waals surface area (Å²) >= 11 is 0. The molecule has 0 aliphatic rings. The molecule has 1 N–H and O–H groups in total. The topological polar surface area (TPSA) is 111 Å². The molecule has 10 heteroatoms. The second kappa shape index (κ2) is 11.6. The smallest absolute Gasteiger partial charge is 0.338 e. The Kier molecular flexibility index (Phi) is 8.55. The van der Waals surface area contributed by atoms with Crippen LogP contribution in [0, 0.1) is 6.92 Å². The maximum Gasteiger partial charge on any atom is 0.338 e. The van der Waals surface area contributed by atoms with Crippen LogP contribution in [-0.2, 0) is 19.6 Å². The van der Waals surface area contributed by atoms with Crippen molar-refractivity contribution in [2.24, 2.45) is 0 Å². The highest BCUT2D eigenvalue weighted by Crippen LogP contribution is 2.35. The summed E-state index contributed by atoms with van der Waals surface area (Å²) in [6.07, 6.45) is 0. The second-order valence-electron chi connectivity index (χ2n) is 7.66. The lowest BCUT2D eigenvalue weighted by molar-refractivity contribution is -0.114. The lowest BCUT2D eigenvalue weighted by Gasteiger charge is -2.26. The van der Waals surface area contributed by atoms with Crippen LogP contribution >= 0.6 is 0 Å². The maximum atomic E-state index is 13.7. The number of nitrogens with one attached hydrogen (secondary N) is 1. The Labute approximate surface area is 210 Å². The van der Waals surface area contributed by atoms with Gasteiger partial charge in [0.25, 0.3) is 10.0 Å². The van der Waals surface area contributed by atoms with Crippen LogP contribution in [0.25, 0.3) is 0 Å². The van der Waals surface area contributed by atoms with Crippen LogP contribution in [0.15, 0.2) is 71.6 Å². The van der Waals surface area contributed by atoms with Crippen LogP contribution in [0.4, 0.5) is 11.4 Å². The predicted molar refractivity (Wildman–Crippen MR) is 136 cm³/mol. The van der Waals surface area contributed by atoms with Gasteiger partial charge in [0.05, 0.1) is 37.0 Å². The minimum absolute atomic E-state index is 0.00293. The molecule has 0 aliphatic carbocycles. The third-order valence-corrected chi connectivity index (χ3v) is 7.07. The van der Waals surface area contributed by atoms with Crippen molar-refractivity contribution in [2.45, 2.75) is 18.7 Å². The van der Waals surface area contributed by atoms with Crippen LogP contribution in [0.1, 0.15) is 22.8 Å². The quantitative estimate of drug-likeness (QED) is 0.409. The molecule has 190 valence electrons. The van der Waals surface area contributed by atoms with E-state index in [1.165, 1.54) is 38.5 Å². The summed E-state index contributed by atoms with van der Waals surface area (Å²) in [6.45, 7) is 3.10. The first kappa shape index (κ1) is 26.6. The molecule has 0 saturated carbocycles. The zero-order valence-corrected chi connectivity index (χ0v) is 21.3. The van der Waals surface area contributed by atoms with Gasteiger partial charge in [-0.25, -0.2) is 13.2 Å². The molecule has 0 atom stereocenters. The highest BCUT2D eigenvalue weighted by atomic mass is 32.2. The molecular formula is C26H28N2O7S. The van der Waals surface area contributed by atoms with Crippen molar-refractivity contribution in [1.29, 1.82) is 0 Å². The van der Waals surface area contributed by atoms with Gasteiger partial charge in [-0.2, -0.15) is 0 Å². The van der Waals surface area contributed by atoms with Gasteiger partial charge in [0.15, 0.2) is 0 Å². The Morgan fingerprint density at radius 2 is 1.67 bits per heavy atom. The number of nitrogens with zero attached hydrogens (tertiary/aromatic N) is 1. The number of methoxy groups -OCH3 is 2. The number of ether oxygens (including phenoxy) is 3. The number of sulfonamides is 1. The molecule has 0 unspecified atom stereocenters. The summed E-state index contributed by atoms with van der Waals surface area (Å²) in [5.41, 5.74) is 1.45. The van der Waals surface area contributed by atoms with Gasteiger partial charge in [-0.1, -0.05) is 24.3 Å².